The summed E-state index contributed by atoms with van der Waals surface area (Å²) in [6, 6.07) is 7.88. The van der Waals surface area contributed by atoms with Crippen molar-refractivity contribution in [2.45, 2.75) is 75.3 Å². The second-order valence-corrected chi connectivity index (χ2v) is 14.8. The van der Waals surface area contributed by atoms with Crippen molar-refractivity contribution in [3.8, 4) is 39.8 Å². The maximum Gasteiger partial charge on any atom is 0.253 e. The number of hydrogen-bond donors (Lipinski definition) is 4. The largest absolute Gasteiger partial charge is 0.357 e. The third kappa shape index (κ3) is 4.56. The molecule has 4 N–H and O–H groups in total. The smallest absolute Gasteiger partial charge is 0.253 e. The Morgan fingerprint density at radius 1 is 0.714 bits per heavy atom. The van der Waals surface area contributed by atoms with Crippen LogP contribution in [0.4, 0.5) is 0 Å². The third-order valence-electron chi connectivity index (χ3n) is 11.2. The van der Waals surface area contributed by atoms with Crippen LogP contribution >= 0.6 is 11.6 Å². The van der Waals surface area contributed by atoms with Crippen LogP contribution in [-0.4, -0.2) is 47.8 Å². The first-order chi connectivity index (χ1) is 23.8. The monoisotopic (exact) mass is 666 g/mol. The average molecular weight is 667 g/mol. The molecule has 5 aromatic heterocycles. The lowest BCUT2D eigenvalue weighted by Crippen LogP contribution is -2.43. The number of nitriles is 1. The van der Waals surface area contributed by atoms with Gasteiger partial charge in [-0.05, 0) is 91.8 Å². The second kappa shape index (κ2) is 10.1. The van der Waals surface area contributed by atoms with Gasteiger partial charge in [0.1, 0.15) is 11.2 Å². The molecule has 49 heavy (non-hydrogen) atoms. The van der Waals surface area contributed by atoms with E-state index in [-0.39, 0.29) is 22.9 Å². The van der Waals surface area contributed by atoms with Gasteiger partial charge in [0.15, 0.2) is 0 Å². The van der Waals surface area contributed by atoms with Crippen LogP contribution in [0.2, 0.25) is 5.15 Å². The van der Waals surface area contributed by atoms with Gasteiger partial charge in [-0.2, -0.15) is 5.26 Å². The normalized spacial score (nSPS) is 19.0. The molecule has 0 saturated heterocycles. The highest BCUT2D eigenvalue weighted by Gasteiger charge is 2.50. The van der Waals surface area contributed by atoms with Crippen molar-refractivity contribution in [2.24, 2.45) is 0 Å². The molecule has 11 rings (SSSR count). The van der Waals surface area contributed by atoms with Crippen LogP contribution in [0, 0.1) is 11.3 Å². The predicted molar refractivity (Wildman–Crippen MR) is 182 cm³/mol. The van der Waals surface area contributed by atoms with E-state index in [1.165, 1.54) is 11.1 Å². The van der Waals surface area contributed by atoms with E-state index >= 15 is 0 Å². The Kier molecular flexibility index (Phi) is 5.93. The van der Waals surface area contributed by atoms with Crippen LogP contribution in [0.3, 0.4) is 0 Å². The van der Waals surface area contributed by atoms with Crippen molar-refractivity contribution in [2.75, 3.05) is 0 Å². The molecule has 242 valence electrons. The van der Waals surface area contributed by atoms with Crippen molar-refractivity contribution >= 4 is 23.4 Å². The summed E-state index contributed by atoms with van der Waals surface area (Å²) >= 11 is 6.05. The number of halogens is 1. The van der Waals surface area contributed by atoms with Crippen molar-refractivity contribution in [3.63, 3.8) is 0 Å². The number of hydrogen-bond acceptors (Lipinski definition) is 6. The molecule has 2 aliphatic heterocycles. The summed E-state index contributed by atoms with van der Waals surface area (Å²) in [5.74, 6) is 0.162. The predicted octanol–water partition coefficient (Wildman–Crippen LogP) is 5.57. The van der Waals surface area contributed by atoms with E-state index in [0.717, 1.165) is 132 Å². The van der Waals surface area contributed by atoms with Gasteiger partial charge < -0.3 is 20.6 Å². The number of H-pyrrole nitrogens is 2. The number of carbonyl (C=O) groups excluding carboxylic acids is 2. The minimum Gasteiger partial charge on any atom is -0.357 e. The van der Waals surface area contributed by atoms with Crippen molar-refractivity contribution in [1.82, 2.24) is 35.6 Å². The van der Waals surface area contributed by atoms with Crippen molar-refractivity contribution in [3.05, 3.63) is 98.5 Å². The topological polar surface area (TPSA) is 152 Å². The van der Waals surface area contributed by atoms with Gasteiger partial charge in [-0.15, -0.1) is 0 Å². The highest BCUT2D eigenvalue weighted by atomic mass is 35.5. The zero-order valence-corrected chi connectivity index (χ0v) is 27.4. The average Bonchev–Trinajstić information content (AvgIpc) is 3.95. The van der Waals surface area contributed by atoms with Crippen LogP contribution in [0.5, 0.6) is 0 Å². The summed E-state index contributed by atoms with van der Waals surface area (Å²) in [4.78, 5) is 45.3. The van der Waals surface area contributed by atoms with E-state index in [1.807, 2.05) is 18.5 Å². The number of aryl methyl sites for hydroxylation is 2. The zero-order chi connectivity index (χ0) is 33.1. The molecule has 5 aromatic rings. The Morgan fingerprint density at radius 3 is 1.86 bits per heavy atom. The Labute approximate surface area is 286 Å². The molecule has 0 unspecified atom stereocenters. The van der Waals surface area contributed by atoms with Crippen molar-refractivity contribution in [1.29, 1.82) is 5.26 Å². The Morgan fingerprint density at radius 2 is 1.29 bits per heavy atom. The number of nitrogens with one attached hydrogen (secondary N) is 4. The summed E-state index contributed by atoms with van der Waals surface area (Å²) in [5.41, 5.74) is 15.0. The Balaban J connectivity index is 0.000000130. The van der Waals surface area contributed by atoms with E-state index in [1.54, 1.807) is 18.5 Å². The molecule has 6 aliphatic rings. The van der Waals surface area contributed by atoms with Gasteiger partial charge in [0.25, 0.3) is 11.8 Å². The molecule has 11 heteroatoms. The summed E-state index contributed by atoms with van der Waals surface area (Å²) in [7, 11) is 0. The first-order valence-corrected chi connectivity index (χ1v) is 17.3. The van der Waals surface area contributed by atoms with Crippen LogP contribution in [0.25, 0.3) is 33.8 Å². The number of aromatic nitrogens is 5. The minimum atomic E-state index is -0.00678. The van der Waals surface area contributed by atoms with Gasteiger partial charge in [-0.25, -0.2) is 4.98 Å². The van der Waals surface area contributed by atoms with E-state index < -0.39 is 0 Å². The number of amides is 2. The lowest BCUT2D eigenvalue weighted by Gasteiger charge is -2.24. The summed E-state index contributed by atoms with van der Waals surface area (Å²) in [6.07, 6.45) is 16.7. The number of nitrogens with zero attached hydrogens (tertiary/aromatic N) is 4. The van der Waals surface area contributed by atoms with E-state index in [0.29, 0.717) is 10.7 Å². The Hall–Kier alpha value is -5.27. The van der Waals surface area contributed by atoms with Gasteiger partial charge in [0, 0.05) is 76.8 Å². The maximum atomic E-state index is 12.8. The van der Waals surface area contributed by atoms with E-state index in [2.05, 4.69) is 47.7 Å². The first kappa shape index (κ1) is 28.7. The summed E-state index contributed by atoms with van der Waals surface area (Å²) in [6.45, 7) is 0. The number of carbonyl (C=O) groups is 2. The number of rotatable bonds is 1. The molecular formula is C38H31ClN8O2. The molecule has 0 atom stereocenters. The lowest BCUT2D eigenvalue weighted by atomic mass is 9.87. The van der Waals surface area contributed by atoms with E-state index in [9.17, 15) is 9.59 Å². The van der Waals surface area contributed by atoms with Crippen molar-refractivity contribution < 1.29 is 9.59 Å². The van der Waals surface area contributed by atoms with Gasteiger partial charge in [-0.1, -0.05) is 11.6 Å². The highest BCUT2D eigenvalue weighted by molar-refractivity contribution is 6.29. The highest BCUT2D eigenvalue weighted by Crippen LogP contribution is 2.47. The summed E-state index contributed by atoms with van der Waals surface area (Å²) < 4.78 is 0. The molecule has 0 bridgehead atoms. The van der Waals surface area contributed by atoms with Crippen LogP contribution in [0.1, 0.15) is 85.6 Å². The molecule has 2 saturated carbocycles. The molecule has 4 aliphatic carbocycles. The molecule has 7 heterocycles. The van der Waals surface area contributed by atoms with Gasteiger partial charge in [-0.3, -0.25) is 19.6 Å². The SMILES string of the molecule is N#Cc1cncc(-c2cc3c(cn2)CCc2c-3[nH]c3c2C(=O)NC2(CC2)C3)c1.O=C1NC2(CC2)Cc2[nH]c3c(c21)CCc1cnc(Cl)cc1-3. The van der Waals surface area contributed by atoms with E-state index in [4.69, 9.17) is 16.9 Å². The molecule has 2 amide bonds. The fraction of sp³-hybridized carbons (Fsp3) is 0.316. The zero-order valence-electron chi connectivity index (χ0n) is 26.6. The Bertz CT molecular complexity index is 2340. The first-order valence-electron chi connectivity index (χ1n) is 16.9. The van der Waals surface area contributed by atoms with Crippen LogP contribution in [-0.2, 0) is 38.5 Å². The quantitative estimate of drug-likeness (QED) is 0.172. The fourth-order valence-electron chi connectivity index (χ4n) is 8.37. The molecule has 2 spiro atoms. The van der Waals surface area contributed by atoms with Gasteiger partial charge in [0.2, 0.25) is 0 Å². The molecular weight excluding hydrogens is 636 g/mol. The second-order valence-electron chi connectivity index (χ2n) is 14.5. The molecule has 0 aromatic carbocycles. The fourth-order valence-corrected chi connectivity index (χ4v) is 8.52. The minimum absolute atomic E-state index is 0.00678. The van der Waals surface area contributed by atoms with Crippen LogP contribution in [0.15, 0.2) is 43.0 Å². The molecule has 0 radical (unpaired) electrons. The van der Waals surface area contributed by atoms with Gasteiger partial charge in [0.05, 0.1) is 33.8 Å². The maximum absolute atomic E-state index is 12.8. The number of aromatic amines is 2. The molecule has 2 fully saturated rings. The lowest BCUT2D eigenvalue weighted by molar-refractivity contribution is 0.0908. The van der Waals surface area contributed by atoms with Gasteiger partial charge >= 0.3 is 0 Å². The summed E-state index contributed by atoms with van der Waals surface area (Å²) in [5, 5.41) is 16.1. The standard InChI is InChI=1S/C22H17N5O.C16H14ClN3O/c23-8-12-5-14(10-24-9-12)17-6-16-13(11-25-17)1-2-15-19-18(26-20(15)16)7-22(3-4-22)27-21(19)28;17-12-5-10-8(7-18-12)1-2-9-13-11(19-14(9)10)6-16(3-4-16)20-15(13)21/h5-6,9-11,26H,1-4,7H2,(H,27,28);5,7,19H,1-4,6H2,(H,20,21). The third-order valence-corrected chi connectivity index (χ3v) is 11.4. The number of fused-ring (bicyclic) bond motifs is 10. The molecule has 10 nitrogen and oxygen atoms in total. The van der Waals surface area contributed by atoms with Crippen LogP contribution < -0.4 is 10.6 Å². The number of pyridine rings is 3.